The van der Waals surface area contributed by atoms with Crippen LogP contribution in [0.4, 0.5) is 0 Å². The van der Waals surface area contributed by atoms with E-state index in [0.717, 1.165) is 29.9 Å². The Morgan fingerprint density at radius 2 is 2.00 bits per heavy atom. The molecule has 1 unspecified atom stereocenters. The second kappa shape index (κ2) is 7.30. The van der Waals surface area contributed by atoms with Gasteiger partial charge < -0.3 is 4.90 Å². The van der Waals surface area contributed by atoms with E-state index in [2.05, 4.69) is 21.9 Å². The second-order valence-electron chi connectivity index (χ2n) is 6.18. The van der Waals surface area contributed by atoms with Crippen molar-refractivity contribution in [2.45, 2.75) is 50.9 Å². The van der Waals surface area contributed by atoms with Gasteiger partial charge in [-0.2, -0.15) is 0 Å². The minimum Gasteiger partial charge on any atom is -0.331 e. The summed E-state index contributed by atoms with van der Waals surface area (Å²) < 4.78 is 0. The number of aromatic nitrogens is 3. The van der Waals surface area contributed by atoms with E-state index < -0.39 is 0 Å². The van der Waals surface area contributed by atoms with E-state index in [1.807, 2.05) is 43.0 Å². The molecule has 0 radical (unpaired) electrons. The number of carbonyl (C=O) groups excluding carboxylic acids is 1. The van der Waals surface area contributed by atoms with Crippen LogP contribution in [0.25, 0.3) is 0 Å². The van der Waals surface area contributed by atoms with Crippen molar-refractivity contribution >= 4 is 17.7 Å². The normalized spacial score (nSPS) is 15.1. The van der Waals surface area contributed by atoms with Gasteiger partial charge in [0.05, 0.1) is 17.5 Å². The van der Waals surface area contributed by atoms with E-state index in [1.165, 1.54) is 11.8 Å². The molecule has 0 aromatic carbocycles. The second-order valence-corrected chi connectivity index (χ2v) is 7.13. The van der Waals surface area contributed by atoms with Crippen molar-refractivity contribution in [2.24, 2.45) is 0 Å². The van der Waals surface area contributed by atoms with E-state index >= 15 is 0 Å². The Balaban J connectivity index is 1.69. The van der Waals surface area contributed by atoms with Crippen LogP contribution in [0.5, 0.6) is 0 Å². The molecule has 2 aromatic heterocycles. The third-order valence-electron chi connectivity index (χ3n) is 4.05. The molecule has 0 bridgehead atoms. The molecule has 1 aliphatic rings. The molecule has 1 amide bonds. The SMILES string of the molecule is Cc1cc(C)nc(SCC(=O)N(C2CC2)C(C)c2ccccn2)n1. The quantitative estimate of drug-likeness (QED) is 0.595. The lowest BCUT2D eigenvalue weighted by Gasteiger charge is -2.29. The van der Waals surface area contributed by atoms with Gasteiger partial charge in [-0.3, -0.25) is 9.78 Å². The van der Waals surface area contributed by atoms with E-state index in [0.29, 0.717) is 17.0 Å². The van der Waals surface area contributed by atoms with Gasteiger partial charge in [-0.1, -0.05) is 17.8 Å². The number of thioether (sulfide) groups is 1. The van der Waals surface area contributed by atoms with Crippen LogP contribution in [0, 0.1) is 13.8 Å². The van der Waals surface area contributed by atoms with Gasteiger partial charge in [-0.15, -0.1) is 0 Å². The third-order valence-corrected chi connectivity index (χ3v) is 4.88. The smallest absolute Gasteiger partial charge is 0.233 e. The fraction of sp³-hybridized carbons (Fsp3) is 0.444. The van der Waals surface area contributed by atoms with E-state index in [1.54, 1.807) is 6.20 Å². The molecule has 24 heavy (non-hydrogen) atoms. The highest BCUT2D eigenvalue weighted by Crippen LogP contribution is 2.34. The van der Waals surface area contributed by atoms with Crippen LogP contribution in [0.2, 0.25) is 0 Å². The summed E-state index contributed by atoms with van der Waals surface area (Å²) in [6.07, 6.45) is 3.93. The van der Waals surface area contributed by atoms with Crippen LogP contribution in [0.1, 0.15) is 42.9 Å². The summed E-state index contributed by atoms with van der Waals surface area (Å²) >= 11 is 1.41. The Hall–Kier alpha value is -1.95. The standard InChI is InChI=1S/C18H22N4OS/c1-12-10-13(2)21-18(20-12)24-11-17(23)22(15-7-8-15)14(3)16-6-4-5-9-19-16/h4-6,9-10,14-15H,7-8,11H2,1-3H3. The summed E-state index contributed by atoms with van der Waals surface area (Å²) in [6, 6.07) is 8.11. The van der Waals surface area contributed by atoms with Gasteiger partial charge in [0.2, 0.25) is 5.91 Å². The van der Waals surface area contributed by atoms with Crippen LogP contribution in [-0.4, -0.2) is 37.6 Å². The maximum absolute atomic E-state index is 12.8. The molecule has 1 atom stereocenters. The van der Waals surface area contributed by atoms with Gasteiger partial charge in [0.1, 0.15) is 0 Å². The molecule has 3 rings (SSSR count). The molecule has 1 fully saturated rings. The molecule has 0 N–H and O–H groups in total. The number of amides is 1. The van der Waals surface area contributed by atoms with Crippen LogP contribution >= 0.6 is 11.8 Å². The Morgan fingerprint density at radius 1 is 1.29 bits per heavy atom. The highest BCUT2D eigenvalue weighted by Gasteiger charge is 2.36. The van der Waals surface area contributed by atoms with Gasteiger partial charge in [0, 0.05) is 23.6 Å². The summed E-state index contributed by atoms with van der Waals surface area (Å²) in [7, 11) is 0. The molecule has 1 saturated carbocycles. The Morgan fingerprint density at radius 3 is 2.58 bits per heavy atom. The predicted octanol–water partition coefficient (Wildman–Crippen LogP) is 3.33. The van der Waals surface area contributed by atoms with Crippen LogP contribution in [0.15, 0.2) is 35.6 Å². The predicted molar refractivity (Wildman–Crippen MR) is 94.8 cm³/mol. The van der Waals surface area contributed by atoms with Gasteiger partial charge in [0.15, 0.2) is 5.16 Å². The Kier molecular flexibility index (Phi) is 5.14. The van der Waals surface area contributed by atoms with Crippen molar-refractivity contribution in [1.82, 2.24) is 19.9 Å². The molecule has 5 nitrogen and oxygen atoms in total. The van der Waals surface area contributed by atoms with Crippen molar-refractivity contribution in [3.8, 4) is 0 Å². The van der Waals surface area contributed by atoms with Gasteiger partial charge >= 0.3 is 0 Å². The zero-order chi connectivity index (χ0) is 17.1. The summed E-state index contributed by atoms with van der Waals surface area (Å²) in [5.41, 5.74) is 2.79. The third kappa shape index (κ3) is 4.12. The topological polar surface area (TPSA) is 59.0 Å². The summed E-state index contributed by atoms with van der Waals surface area (Å²) in [5, 5.41) is 0.669. The molecular weight excluding hydrogens is 320 g/mol. The maximum Gasteiger partial charge on any atom is 0.233 e. The first-order chi connectivity index (χ1) is 11.5. The number of hydrogen-bond donors (Lipinski definition) is 0. The highest BCUT2D eigenvalue weighted by atomic mass is 32.2. The van der Waals surface area contributed by atoms with Gasteiger partial charge in [-0.25, -0.2) is 9.97 Å². The Bertz CT molecular complexity index is 698. The van der Waals surface area contributed by atoms with Crippen molar-refractivity contribution in [2.75, 3.05) is 5.75 Å². The number of hydrogen-bond acceptors (Lipinski definition) is 5. The number of nitrogens with zero attached hydrogens (tertiary/aromatic N) is 4. The van der Waals surface area contributed by atoms with E-state index in [9.17, 15) is 4.79 Å². The maximum atomic E-state index is 12.8. The average Bonchev–Trinajstić information content (AvgIpc) is 3.38. The first-order valence-electron chi connectivity index (χ1n) is 8.22. The average molecular weight is 342 g/mol. The summed E-state index contributed by atoms with van der Waals surface area (Å²) in [4.78, 5) is 28.0. The molecule has 0 aliphatic heterocycles. The lowest BCUT2D eigenvalue weighted by molar-refractivity contribution is -0.131. The molecule has 0 spiro atoms. The van der Waals surface area contributed by atoms with Crippen molar-refractivity contribution < 1.29 is 4.79 Å². The lowest BCUT2D eigenvalue weighted by Crippen LogP contribution is -2.37. The fourth-order valence-corrected chi connectivity index (χ4v) is 3.63. The van der Waals surface area contributed by atoms with Crippen LogP contribution < -0.4 is 0 Å². The van der Waals surface area contributed by atoms with Crippen LogP contribution in [0.3, 0.4) is 0 Å². The Labute approximate surface area is 146 Å². The molecule has 1 aliphatic carbocycles. The zero-order valence-corrected chi connectivity index (χ0v) is 15.1. The molecule has 126 valence electrons. The number of aryl methyl sites for hydroxylation is 2. The number of rotatable bonds is 6. The molecule has 2 aromatic rings. The molecule has 0 saturated heterocycles. The van der Waals surface area contributed by atoms with Crippen molar-refractivity contribution in [3.63, 3.8) is 0 Å². The number of pyridine rings is 1. The molecular formula is C18H22N4OS. The van der Waals surface area contributed by atoms with Crippen molar-refractivity contribution in [3.05, 3.63) is 47.5 Å². The van der Waals surface area contributed by atoms with E-state index in [-0.39, 0.29) is 11.9 Å². The summed E-state index contributed by atoms with van der Waals surface area (Å²) in [5.74, 6) is 0.486. The number of carbonyl (C=O) groups is 1. The first kappa shape index (κ1) is 16.9. The first-order valence-corrected chi connectivity index (χ1v) is 9.20. The van der Waals surface area contributed by atoms with Gasteiger partial charge in [0.25, 0.3) is 0 Å². The lowest BCUT2D eigenvalue weighted by atomic mass is 10.1. The summed E-state index contributed by atoms with van der Waals surface area (Å²) in [6.45, 7) is 5.94. The molecule has 2 heterocycles. The minimum atomic E-state index is -0.00744. The highest BCUT2D eigenvalue weighted by molar-refractivity contribution is 7.99. The van der Waals surface area contributed by atoms with Gasteiger partial charge in [-0.05, 0) is 51.8 Å². The van der Waals surface area contributed by atoms with E-state index in [4.69, 9.17) is 0 Å². The van der Waals surface area contributed by atoms with Crippen LogP contribution in [-0.2, 0) is 4.79 Å². The minimum absolute atomic E-state index is 0.00744. The fourth-order valence-electron chi connectivity index (χ4n) is 2.81. The monoisotopic (exact) mass is 342 g/mol. The zero-order valence-electron chi connectivity index (χ0n) is 14.3. The largest absolute Gasteiger partial charge is 0.331 e. The molecule has 6 heteroatoms. The van der Waals surface area contributed by atoms with Crippen molar-refractivity contribution in [1.29, 1.82) is 0 Å².